The average Bonchev–Trinajstić information content (AvgIpc) is 3.26. The first kappa shape index (κ1) is 24.0. The lowest BCUT2D eigenvalue weighted by Crippen LogP contribution is -2.28. The lowest BCUT2D eigenvalue weighted by molar-refractivity contribution is -0.120. The predicted octanol–water partition coefficient (Wildman–Crippen LogP) is 2.91. The van der Waals surface area contributed by atoms with Crippen molar-refractivity contribution in [3.05, 3.63) is 64.3 Å². The van der Waals surface area contributed by atoms with Crippen LogP contribution in [0.15, 0.2) is 47.1 Å². The van der Waals surface area contributed by atoms with Crippen molar-refractivity contribution in [3.63, 3.8) is 0 Å². The second-order valence-corrected chi connectivity index (χ2v) is 8.11. The van der Waals surface area contributed by atoms with Gasteiger partial charge in [-0.2, -0.15) is 0 Å². The Morgan fingerprint density at radius 2 is 2.00 bits per heavy atom. The van der Waals surface area contributed by atoms with E-state index in [1.54, 1.807) is 20.0 Å². The van der Waals surface area contributed by atoms with Gasteiger partial charge in [0.25, 0.3) is 0 Å². The van der Waals surface area contributed by atoms with Gasteiger partial charge < -0.3 is 21.2 Å². The van der Waals surface area contributed by atoms with Gasteiger partial charge in [-0.1, -0.05) is 18.2 Å². The summed E-state index contributed by atoms with van der Waals surface area (Å²) in [6.45, 7) is 7.82. The van der Waals surface area contributed by atoms with Crippen molar-refractivity contribution in [2.45, 2.75) is 34.2 Å². The van der Waals surface area contributed by atoms with E-state index in [9.17, 15) is 9.59 Å². The molecule has 5 N–H and O–H groups in total. The topological polar surface area (TPSA) is 118 Å². The molecule has 0 fully saturated rings. The highest BCUT2D eigenvalue weighted by Crippen LogP contribution is 2.35. The summed E-state index contributed by atoms with van der Waals surface area (Å²) in [7, 11) is 1.77. The van der Waals surface area contributed by atoms with Crippen molar-refractivity contribution in [3.8, 4) is 5.75 Å². The Bertz CT molecular complexity index is 1140. The van der Waals surface area contributed by atoms with Gasteiger partial charge in [0.2, 0.25) is 5.91 Å². The number of benzene rings is 2. The zero-order valence-electron chi connectivity index (χ0n) is 19.7. The van der Waals surface area contributed by atoms with Crippen LogP contribution in [0.4, 0.5) is 5.69 Å². The van der Waals surface area contributed by atoms with E-state index in [0.717, 1.165) is 33.7 Å². The summed E-state index contributed by atoms with van der Waals surface area (Å²) in [5.74, 6) is -0.465. The molecule has 0 saturated heterocycles. The van der Waals surface area contributed by atoms with Crippen LogP contribution in [0.5, 0.6) is 5.75 Å². The molecule has 1 atom stereocenters. The van der Waals surface area contributed by atoms with Crippen molar-refractivity contribution in [1.29, 1.82) is 0 Å². The van der Waals surface area contributed by atoms with Crippen LogP contribution in [0.25, 0.3) is 5.70 Å². The molecule has 0 aromatic heterocycles. The fourth-order valence-corrected chi connectivity index (χ4v) is 3.78. The van der Waals surface area contributed by atoms with E-state index in [1.807, 2.05) is 44.2 Å². The van der Waals surface area contributed by atoms with Gasteiger partial charge in [0.05, 0.1) is 17.3 Å². The minimum absolute atomic E-state index is 0.0141. The highest BCUT2D eigenvalue weighted by atomic mass is 16.5. The quantitative estimate of drug-likeness (QED) is 0.437. The number of ether oxygens (including phenoxy) is 1. The smallest absolute Gasteiger partial charge is 0.226 e. The highest BCUT2D eigenvalue weighted by molar-refractivity contribution is 6.03. The minimum Gasteiger partial charge on any atom is -0.486 e. The summed E-state index contributed by atoms with van der Waals surface area (Å²) >= 11 is 0. The van der Waals surface area contributed by atoms with Gasteiger partial charge in [0, 0.05) is 36.1 Å². The van der Waals surface area contributed by atoms with Crippen LogP contribution in [0.2, 0.25) is 0 Å². The van der Waals surface area contributed by atoms with Crippen LogP contribution >= 0.6 is 0 Å². The molecule has 0 spiro atoms. The monoisotopic (exact) mass is 449 g/mol. The van der Waals surface area contributed by atoms with Crippen molar-refractivity contribution < 1.29 is 14.3 Å². The number of nitrogens with two attached hydrogens (primary N) is 1. The molecule has 0 bridgehead atoms. The van der Waals surface area contributed by atoms with Crippen molar-refractivity contribution >= 4 is 28.8 Å². The second-order valence-electron chi connectivity index (χ2n) is 8.11. The molecule has 0 radical (unpaired) electrons. The molecule has 1 aliphatic heterocycles. The maximum atomic E-state index is 12.1. The van der Waals surface area contributed by atoms with Gasteiger partial charge in [0.15, 0.2) is 5.78 Å². The third-order valence-electron chi connectivity index (χ3n) is 5.60. The van der Waals surface area contributed by atoms with Gasteiger partial charge in [-0.25, -0.2) is 5.43 Å². The summed E-state index contributed by atoms with van der Waals surface area (Å²) < 4.78 is 5.56. The number of carbonyl (C=O) groups is 2. The van der Waals surface area contributed by atoms with E-state index < -0.39 is 11.8 Å². The van der Waals surface area contributed by atoms with Crippen LogP contribution in [0.1, 0.15) is 43.0 Å². The van der Waals surface area contributed by atoms with E-state index in [-0.39, 0.29) is 12.4 Å². The summed E-state index contributed by atoms with van der Waals surface area (Å²) in [6.07, 6.45) is 0. The number of primary amides is 1. The molecule has 1 unspecified atom stereocenters. The maximum absolute atomic E-state index is 12.1. The molecule has 1 heterocycles. The molecule has 3 rings (SSSR count). The lowest BCUT2D eigenvalue weighted by atomic mass is 9.93. The fraction of sp³-hybridized carbons (Fsp3) is 0.320. The Morgan fingerprint density at radius 1 is 1.24 bits per heavy atom. The van der Waals surface area contributed by atoms with E-state index in [0.29, 0.717) is 23.7 Å². The van der Waals surface area contributed by atoms with Crippen LogP contribution in [-0.2, 0) is 16.1 Å². The van der Waals surface area contributed by atoms with Crippen LogP contribution < -0.4 is 26.6 Å². The molecule has 1 aliphatic rings. The molecule has 0 saturated carbocycles. The number of carbonyl (C=O) groups excluding carboxylic acids is 2. The van der Waals surface area contributed by atoms with E-state index >= 15 is 0 Å². The third-order valence-corrected chi connectivity index (χ3v) is 5.60. The number of amides is 1. The van der Waals surface area contributed by atoms with Crippen molar-refractivity contribution in [1.82, 2.24) is 10.7 Å². The van der Waals surface area contributed by atoms with Crippen molar-refractivity contribution in [2.75, 3.05) is 19.1 Å². The lowest BCUT2D eigenvalue weighted by Gasteiger charge is -2.20. The number of Topliss-reactive ketones (excluding diaryl/α,β-unsaturated/α-hetero) is 1. The van der Waals surface area contributed by atoms with Crippen LogP contribution in [0.3, 0.4) is 0 Å². The first-order valence-corrected chi connectivity index (χ1v) is 10.8. The summed E-state index contributed by atoms with van der Waals surface area (Å²) in [5, 5.41) is 3.17. The predicted molar refractivity (Wildman–Crippen MR) is 131 cm³/mol. The molecular formula is C25H31N5O3. The number of fused-ring (bicyclic) bond motifs is 1. The fourth-order valence-electron chi connectivity index (χ4n) is 3.78. The number of anilines is 1. The molecule has 33 heavy (non-hydrogen) atoms. The number of hydrogen-bond acceptors (Lipinski definition) is 7. The average molecular weight is 450 g/mol. The van der Waals surface area contributed by atoms with Crippen molar-refractivity contribution in [2.24, 2.45) is 16.6 Å². The number of ketones is 1. The zero-order valence-corrected chi connectivity index (χ0v) is 19.7. The SMILES string of the molecule is CN/C(=C(/N=C(C)c1cccc(OCC(C)=O)c1)c1c(C)ccc2c1CNN2)C(C)C(N)=O. The van der Waals surface area contributed by atoms with Gasteiger partial charge >= 0.3 is 0 Å². The number of rotatable bonds is 9. The normalized spacial score (nSPS) is 14.6. The molecule has 2 aromatic carbocycles. The van der Waals surface area contributed by atoms with Gasteiger partial charge in [-0.05, 0) is 57.0 Å². The van der Waals surface area contributed by atoms with Crippen LogP contribution in [-0.4, -0.2) is 31.1 Å². The summed E-state index contributed by atoms with van der Waals surface area (Å²) in [5.41, 5.74) is 18.9. The largest absolute Gasteiger partial charge is 0.486 e. The third kappa shape index (κ3) is 5.40. The molecule has 174 valence electrons. The number of aryl methyl sites for hydroxylation is 1. The first-order valence-electron chi connectivity index (χ1n) is 10.8. The van der Waals surface area contributed by atoms with Gasteiger partial charge in [-0.3, -0.25) is 14.6 Å². The maximum Gasteiger partial charge on any atom is 0.226 e. The number of nitrogens with zero attached hydrogens (tertiary/aromatic N) is 1. The number of nitrogens with one attached hydrogen (secondary N) is 3. The minimum atomic E-state index is -0.565. The number of aliphatic imine (C=N–C) groups is 1. The van der Waals surface area contributed by atoms with E-state index in [1.165, 1.54) is 6.92 Å². The molecule has 8 heteroatoms. The Kier molecular flexibility index (Phi) is 7.50. The Morgan fingerprint density at radius 3 is 2.67 bits per heavy atom. The van der Waals surface area contributed by atoms with E-state index in [2.05, 4.69) is 16.2 Å². The molecule has 2 aromatic rings. The summed E-state index contributed by atoms with van der Waals surface area (Å²) in [4.78, 5) is 28.4. The Labute approximate surface area is 194 Å². The van der Waals surface area contributed by atoms with Gasteiger partial charge in [-0.15, -0.1) is 0 Å². The summed E-state index contributed by atoms with van der Waals surface area (Å²) in [6, 6.07) is 11.5. The first-order chi connectivity index (χ1) is 15.7. The number of hydrazine groups is 1. The van der Waals surface area contributed by atoms with E-state index in [4.69, 9.17) is 15.5 Å². The zero-order chi connectivity index (χ0) is 24.1. The molecule has 1 amide bonds. The highest BCUT2D eigenvalue weighted by Gasteiger charge is 2.25. The molecular weight excluding hydrogens is 418 g/mol. The molecule has 8 nitrogen and oxygen atoms in total. The Balaban J connectivity index is 2.17. The number of hydrogen-bond donors (Lipinski definition) is 4. The standard InChI is InChI=1S/C25H31N5O3/c1-14-9-10-21-20(12-28-30-21)22(14)24(23(27-5)16(3)25(26)32)29-17(4)18-7-6-8-19(11-18)33-13-15(2)31/h6-11,16,27-28,30H,12-13H2,1-5H3,(H2,26,32)/b24-23+,29-17?. The Hall–Kier alpha value is -3.65. The second kappa shape index (κ2) is 10.3. The van der Waals surface area contributed by atoms with Gasteiger partial charge in [0.1, 0.15) is 12.4 Å². The van der Waals surface area contributed by atoms with Crippen LogP contribution in [0, 0.1) is 12.8 Å². The molecule has 0 aliphatic carbocycles.